The lowest BCUT2D eigenvalue weighted by Crippen LogP contribution is -2.27. The fourth-order valence-corrected chi connectivity index (χ4v) is 4.16. The number of nitrogens with two attached hydrogens (primary N) is 1. The van der Waals surface area contributed by atoms with Gasteiger partial charge in [-0.3, -0.25) is 9.59 Å². The molecule has 0 bridgehead atoms. The second-order valence-electron chi connectivity index (χ2n) is 7.79. The molecule has 2 aromatic rings. The zero-order valence-electron chi connectivity index (χ0n) is 17.1. The lowest BCUT2D eigenvalue weighted by Gasteiger charge is -2.27. The van der Waals surface area contributed by atoms with Gasteiger partial charge in [0.25, 0.3) is 5.91 Å². The third-order valence-corrected chi connectivity index (χ3v) is 5.67. The van der Waals surface area contributed by atoms with Crippen LogP contribution in [0.25, 0.3) is 0 Å². The van der Waals surface area contributed by atoms with Gasteiger partial charge in [-0.15, -0.1) is 0 Å². The highest BCUT2D eigenvalue weighted by Crippen LogP contribution is 2.38. The minimum atomic E-state index is -0.528. The summed E-state index contributed by atoms with van der Waals surface area (Å²) in [6.45, 7) is 3.87. The van der Waals surface area contributed by atoms with E-state index in [0.29, 0.717) is 11.3 Å². The molecule has 0 radical (unpaired) electrons. The fourth-order valence-electron chi connectivity index (χ4n) is 4.16. The number of amides is 2. The van der Waals surface area contributed by atoms with Gasteiger partial charge < -0.3 is 25.6 Å². The number of nitrogens with zero attached hydrogens (tertiary/aromatic N) is 2. The van der Waals surface area contributed by atoms with Crippen LogP contribution in [0.3, 0.4) is 0 Å². The Hall–Kier alpha value is -3.22. The van der Waals surface area contributed by atoms with E-state index in [1.807, 2.05) is 0 Å². The van der Waals surface area contributed by atoms with Crippen LogP contribution in [0.5, 0.6) is 5.75 Å². The van der Waals surface area contributed by atoms with Crippen LogP contribution in [-0.4, -0.2) is 44.6 Å². The summed E-state index contributed by atoms with van der Waals surface area (Å²) in [5, 5.41) is 3.10. The molecular formula is C23H28N4O3. The van der Waals surface area contributed by atoms with Crippen LogP contribution in [0, 0.1) is 0 Å². The van der Waals surface area contributed by atoms with Crippen molar-refractivity contribution >= 4 is 28.9 Å². The molecule has 0 unspecified atom stereocenters. The van der Waals surface area contributed by atoms with Crippen molar-refractivity contribution in [2.75, 3.05) is 47.9 Å². The quantitative estimate of drug-likeness (QED) is 0.735. The van der Waals surface area contributed by atoms with Crippen LogP contribution in [0.15, 0.2) is 42.5 Å². The van der Waals surface area contributed by atoms with Gasteiger partial charge in [0.2, 0.25) is 5.91 Å². The first-order chi connectivity index (χ1) is 14.6. The SMILES string of the molecule is NC(=O)c1cccc(OCC(=O)Nc2c(N3CCCC3)cccc2N2CCCC2)c1. The molecule has 3 N–H and O–H groups in total. The summed E-state index contributed by atoms with van der Waals surface area (Å²) in [5.41, 5.74) is 8.66. The van der Waals surface area contributed by atoms with Crippen LogP contribution >= 0.6 is 0 Å². The van der Waals surface area contributed by atoms with Crippen molar-refractivity contribution in [1.29, 1.82) is 0 Å². The summed E-state index contributed by atoms with van der Waals surface area (Å²) >= 11 is 0. The van der Waals surface area contributed by atoms with Gasteiger partial charge in [-0.25, -0.2) is 0 Å². The predicted molar refractivity (Wildman–Crippen MR) is 118 cm³/mol. The molecule has 0 atom stereocenters. The van der Waals surface area contributed by atoms with E-state index in [1.54, 1.807) is 24.3 Å². The molecule has 0 spiro atoms. The van der Waals surface area contributed by atoms with Gasteiger partial charge in [0.1, 0.15) is 5.75 Å². The van der Waals surface area contributed by atoms with E-state index in [4.69, 9.17) is 10.5 Å². The Morgan fingerprint density at radius 1 is 0.900 bits per heavy atom. The van der Waals surface area contributed by atoms with Crippen molar-refractivity contribution in [3.05, 3.63) is 48.0 Å². The maximum Gasteiger partial charge on any atom is 0.262 e. The molecule has 4 rings (SSSR count). The van der Waals surface area contributed by atoms with Gasteiger partial charge in [0, 0.05) is 31.7 Å². The number of benzene rings is 2. The van der Waals surface area contributed by atoms with E-state index in [1.165, 1.54) is 25.7 Å². The zero-order valence-corrected chi connectivity index (χ0v) is 17.1. The monoisotopic (exact) mass is 408 g/mol. The van der Waals surface area contributed by atoms with Gasteiger partial charge >= 0.3 is 0 Å². The molecule has 30 heavy (non-hydrogen) atoms. The Bertz CT molecular complexity index is 884. The second-order valence-corrected chi connectivity index (χ2v) is 7.79. The normalized spacial score (nSPS) is 16.0. The minimum Gasteiger partial charge on any atom is -0.484 e. The number of primary amides is 1. The topological polar surface area (TPSA) is 87.9 Å². The average Bonchev–Trinajstić information content (AvgIpc) is 3.47. The van der Waals surface area contributed by atoms with Crippen molar-refractivity contribution < 1.29 is 14.3 Å². The number of nitrogens with one attached hydrogen (secondary N) is 1. The third-order valence-electron chi connectivity index (χ3n) is 5.67. The summed E-state index contributed by atoms with van der Waals surface area (Å²) < 4.78 is 5.61. The van der Waals surface area contributed by atoms with Crippen molar-refractivity contribution in [3.63, 3.8) is 0 Å². The lowest BCUT2D eigenvalue weighted by molar-refractivity contribution is -0.118. The Morgan fingerprint density at radius 3 is 2.03 bits per heavy atom. The smallest absolute Gasteiger partial charge is 0.262 e. The maximum atomic E-state index is 12.8. The first-order valence-electron chi connectivity index (χ1n) is 10.6. The highest BCUT2D eigenvalue weighted by molar-refractivity contribution is 6.00. The Kier molecular flexibility index (Phi) is 6.07. The molecular weight excluding hydrogens is 380 g/mol. The molecule has 0 aliphatic carbocycles. The molecule has 158 valence electrons. The van der Waals surface area contributed by atoms with Crippen LogP contribution in [0.4, 0.5) is 17.1 Å². The summed E-state index contributed by atoms with van der Waals surface area (Å²) in [6.07, 6.45) is 4.67. The average molecular weight is 409 g/mol. The molecule has 2 saturated heterocycles. The predicted octanol–water partition coefficient (Wildman–Crippen LogP) is 3.00. The highest BCUT2D eigenvalue weighted by Gasteiger charge is 2.23. The molecule has 2 fully saturated rings. The van der Waals surface area contributed by atoms with Crippen LogP contribution < -0.4 is 25.6 Å². The first-order valence-corrected chi connectivity index (χ1v) is 10.6. The number of carbonyl (C=O) groups is 2. The maximum absolute atomic E-state index is 12.8. The molecule has 2 amide bonds. The summed E-state index contributed by atoms with van der Waals surface area (Å²) in [7, 11) is 0. The van der Waals surface area contributed by atoms with Gasteiger partial charge in [-0.05, 0) is 56.0 Å². The van der Waals surface area contributed by atoms with E-state index in [-0.39, 0.29) is 12.5 Å². The van der Waals surface area contributed by atoms with Crippen molar-refractivity contribution in [3.8, 4) is 5.75 Å². The second kappa shape index (κ2) is 9.07. The Morgan fingerprint density at radius 2 is 1.47 bits per heavy atom. The largest absolute Gasteiger partial charge is 0.484 e. The Balaban J connectivity index is 1.51. The molecule has 2 aliphatic heterocycles. The molecule has 2 aliphatic rings. The summed E-state index contributed by atoms with van der Waals surface area (Å²) in [4.78, 5) is 28.8. The van der Waals surface area contributed by atoms with Gasteiger partial charge in [0.15, 0.2) is 6.61 Å². The molecule has 0 aromatic heterocycles. The van der Waals surface area contributed by atoms with E-state index in [9.17, 15) is 9.59 Å². The van der Waals surface area contributed by atoms with Crippen molar-refractivity contribution in [2.24, 2.45) is 5.73 Å². The summed E-state index contributed by atoms with van der Waals surface area (Å²) in [6, 6.07) is 12.8. The number of carbonyl (C=O) groups excluding carboxylic acids is 2. The minimum absolute atomic E-state index is 0.143. The number of rotatable bonds is 7. The van der Waals surface area contributed by atoms with Gasteiger partial charge in [0.05, 0.1) is 17.1 Å². The van der Waals surface area contributed by atoms with E-state index < -0.39 is 5.91 Å². The third kappa shape index (κ3) is 4.50. The van der Waals surface area contributed by atoms with E-state index in [0.717, 1.165) is 43.2 Å². The van der Waals surface area contributed by atoms with Crippen LogP contribution in [0.1, 0.15) is 36.0 Å². The molecule has 0 saturated carbocycles. The molecule has 2 aromatic carbocycles. The highest BCUT2D eigenvalue weighted by atomic mass is 16.5. The standard InChI is InChI=1S/C23H28N4O3/c24-23(29)17-7-5-8-18(15-17)30-16-21(28)25-22-19(26-11-1-2-12-26)9-6-10-20(22)27-13-3-4-14-27/h5-10,15H,1-4,11-14,16H2,(H2,24,29)(H,25,28). The summed E-state index contributed by atoms with van der Waals surface area (Å²) in [5.74, 6) is -0.319. The van der Waals surface area contributed by atoms with Gasteiger partial charge in [-0.2, -0.15) is 0 Å². The zero-order chi connectivity index (χ0) is 20.9. The fraction of sp³-hybridized carbons (Fsp3) is 0.391. The molecule has 7 heteroatoms. The van der Waals surface area contributed by atoms with Crippen LogP contribution in [-0.2, 0) is 4.79 Å². The number of ether oxygens (including phenoxy) is 1. The lowest BCUT2D eigenvalue weighted by atomic mass is 10.2. The van der Waals surface area contributed by atoms with Crippen molar-refractivity contribution in [2.45, 2.75) is 25.7 Å². The number of para-hydroxylation sites is 1. The van der Waals surface area contributed by atoms with Crippen molar-refractivity contribution in [1.82, 2.24) is 0 Å². The van der Waals surface area contributed by atoms with E-state index >= 15 is 0 Å². The Labute approximate surface area is 176 Å². The van der Waals surface area contributed by atoms with E-state index in [2.05, 4.69) is 33.3 Å². The molecule has 7 nitrogen and oxygen atoms in total. The first kappa shape index (κ1) is 20.1. The number of hydrogen-bond donors (Lipinski definition) is 2. The number of hydrogen-bond acceptors (Lipinski definition) is 5. The van der Waals surface area contributed by atoms with Crippen LogP contribution in [0.2, 0.25) is 0 Å². The molecule has 2 heterocycles. The number of anilines is 3. The van der Waals surface area contributed by atoms with Gasteiger partial charge in [-0.1, -0.05) is 12.1 Å².